The van der Waals surface area contributed by atoms with Gasteiger partial charge in [-0.3, -0.25) is 4.90 Å². The van der Waals surface area contributed by atoms with Gasteiger partial charge >= 0.3 is 0 Å². The van der Waals surface area contributed by atoms with Gasteiger partial charge in [-0.05, 0) is 41.9 Å². The zero-order valence-corrected chi connectivity index (χ0v) is 12.9. The van der Waals surface area contributed by atoms with E-state index in [0.29, 0.717) is 0 Å². The van der Waals surface area contributed by atoms with E-state index in [4.69, 9.17) is 0 Å². The molecule has 0 radical (unpaired) electrons. The quantitative estimate of drug-likeness (QED) is 0.920. The number of nitrogens with zero attached hydrogens (tertiary/aromatic N) is 3. The number of hydrogen-bond donors (Lipinski definition) is 1. The molecule has 5 heteroatoms. The van der Waals surface area contributed by atoms with Crippen LogP contribution in [0.1, 0.15) is 19.5 Å². The maximum Gasteiger partial charge on any atom is 0.136 e. The minimum Gasteiger partial charge on any atom is -0.309 e. The van der Waals surface area contributed by atoms with Gasteiger partial charge in [0.25, 0.3) is 0 Å². The SMILES string of the molecule is CC1(C)CN(Cc2cnc3ccc(Br)cn23)CCN1. The van der Waals surface area contributed by atoms with E-state index in [0.717, 1.165) is 36.3 Å². The van der Waals surface area contributed by atoms with Crippen LogP contribution in [0.3, 0.4) is 0 Å². The molecule has 3 heterocycles. The highest BCUT2D eigenvalue weighted by Crippen LogP contribution is 2.17. The molecule has 0 atom stereocenters. The lowest BCUT2D eigenvalue weighted by Gasteiger charge is -2.39. The van der Waals surface area contributed by atoms with E-state index < -0.39 is 0 Å². The van der Waals surface area contributed by atoms with Crippen LogP contribution >= 0.6 is 15.9 Å². The first kappa shape index (κ1) is 13.1. The lowest BCUT2D eigenvalue weighted by molar-refractivity contribution is 0.146. The molecular weight excluding hydrogens is 304 g/mol. The predicted octanol–water partition coefficient (Wildman–Crippen LogP) is 2.28. The number of nitrogens with one attached hydrogen (secondary N) is 1. The molecule has 1 N–H and O–H groups in total. The van der Waals surface area contributed by atoms with Gasteiger partial charge in [0.1, 0.15) is 5.65 Å². The molecule has 2 aromatic heterocycles. The highest BCUT2D eigenvalue weighted by molar-refractivity contribution is 9.10. The molecule has 1 aliphatic rings. The lowest BCUT2D eigenvalue weighted by Crippen LogP contribution is -2.56. The van der Waals surface area contributed by atoms with E-state index in [1.807, 2.05) is 18.3 Å². The Balaban J connectivity index is 1.83. The Morgan fingerprint density at radius 2 is 2.26 bits per heavy atom. The summed E-state index contributed by atoms with van der Waals surface area (Å²) in [4.78, 5) is 6.95. The van der Waals surface area contributed by atoms with Crippen LogP contribution in [0.4, 0.5) is 0 Å². The topological polar surface area (TPSA) is 32.6 Å². The van der Waals surface area contributed by atoms with Gasteiger partial charge in [-0.1, -0.05) is 0 Å². The Bertz CT molecular complexity index is 590. The summed E-state index contributed by atoms with van der Waals surface area (Å²) in [5.74, 6) is 0. The molecule has 4 nitrogen and oxygen atoms in total. The van der Waals surface area contributed by atoms with Gasteiger partial charge in [-0.15, -0.1) is 0 Å². The van der Waals surface area contributed by atoms with Crippen LogP contribution in [0.5, 0.6) is 0 Å². The number of hydrogen-bond acceptors (Lipinski definition) is 3. The lowest BCUT2D eigenvalue weighted by atomic mass is 10.0. The average molecular weight is 323 g/mol. The Morgan fingerprint density at radius 3 is 3.05 bits per heavy atom. The zero-order chi connectivity index (χ0) is 13.5. The molecule has 0 unspecified atom stereocenters. The normalized spacial score (nSPS) is 19.9. The summed E-state index contributed by atoms with van der Waals surface area (Å²) in [5.41, 5.74) is 2.45. The third-order valence-corrected chi connectivity index (χ3v) is 4.05. The molecule has 0 saturated carbocycles. The first-order chi connectivity index (χ1) is 9.03. The van der Waals surface area contributed by atoms with Gasteiger partial charge in [-0.25, -0.2) is 4.98 Å². The van der Waals surface area contributed by atoms with Crippen molar-refractivity contribution in [2.45, 2.75) is 25.9 Å². The van der Waals surface area contributed by atoms with Crippen molar-refractivity contribution in [1.29, 1.82) is 0 Å². The van der Waals surface area contributed by atoms with Gasteiger partial charge < -0.3 is 9.72 Å². The molecule has 1 aliphatic heterocycles. The van der Waals surface area contributed by atoms with E-state index in [2.05, 4.69) is 55.6 Å². The van der Waals surface area contributed by atoms with Crippen molar-refractivity contribution in [2.24, 2.45) is 0 Å². The first-order valence-electron chi connectivity index (χ1n) is 6.62. The summed E-state index contributed by atoms with van der Waals surface area (Å²) >= 11 is 3.52. The second-order valence-electron chi connectivity index (χ2n) is 5.85. The van der Waals surface area contributed by atoms with Crippen LogP contribution in [0.2, 0.25) is 0 Å². The Morgan fingerprint density at radius 1 is 1.42 bits per heavy atom. The van der Waals surface area contributed by atoms with Crippen molar-refractivity contribution in [1.82, 2.24) is 19.6 Å². The third-order valence-electron chi connectivity index (χ3n) is 3.58. The largest absolute Gasteiger partial charge is 0.309 e. The van der Waals surface area contributed by atoms with Crippen molar-refractivity contribution in [3.8, 4) is 0 Å². The smallest absolute Gasteiger partial charge is 0.136 e. The van der Waals surface area contributed by atoms with E-state index in [1.54, 1.807) is 0 Å². The van der Waals surface area contributed by atoms with Crippen molar-refractivity contribution in [3.05, 3.63) is 34.7 Å². The fourth-order valence-corrected chi connectivity index (χ4v) is 3.07. The number of fused-ring (bicyclic) bond motifs is 1. The standard InChI is InChI=1S/C14H19BrN4/c1-14(2)10-18(6-5-17-14)9-12-7-16-13-4-3-11(15)8-19(12)13/h3-4,7-8,17H,5-6,9-10H2,1-2H3. The van der Waals surface area contributed by atoms with E-state index in [-0.39, 0.29) is 5.54 Å². The fourth-order valence-electron chi connectivity index (χ4n) is 2.73. The molecule has 102 valence electrons. The number of aromatic nitrogens is 2. The number of rotatable bonds is 2. The van der Waals surface area contributed by atoms with Crippen molar-refractivity contribution < 1.29 is 0 Å². The minimum absolute atomic E-state index is 0.194. The van der Waals surface area contributed by atoms with Gasteiger partial charge in [0, 0.05) is 42.4 Å². The van der Waals surface area contributed by atoms with Crippen LogP contribution in [-0.2, 0) is 6.54 Å². The highest BCUT2D eigenvalue weighted by atomic mass is 79.9. The predicted molar refractivity (Wildman–Crippen MR) is 80.3 cm³/mol. The molecule has 3 rings (SSSR count). The molecule has 0 spiro atoms. The maximum absolute atomic E-state index is 4.46. The zero-order valence-electron chi connectivity index (χ0n) is 11.4. The van der Waals surface area contributed by atoms with Crippen molar-refractivity contribution in [2.75, 3.05) is 19.6 Å². The molecule has 0 bridgehead atoms. The Kier molecular flexibility index (Phi) is 3.37. The molecular formula is C14H19BrN4. The van der Waals surface area contributed by atoms with E-state index in [9.17, 15) is 0 Å². The summed E-state index contributed by atoms with van der Waals surface area (Å²) in [6.45, 7) is 8.66. The van der Waals surface area contributed by atoms with Gasteiger partial charge in [0.05, 0.1) is 11.9 Å². The fraction of sp³-hybridized carbons (Fsp3) is 0.500. The summed E-state index contributed by atoms with van der Waals surface area (Å²) in [5, 5.41) is 3.54. The summed E-state index contributed by atoms with van der Waals surface area (Å²) in [6.07, 6.45) is 4.07. The number of imidazole rings is 1. The average Bonchev–Trinajstić information content (AvgIpc) is 2.71. The molecule has 1 fully saturated rings. The first-order valence-corrected chi connectivity index (χ1v) is 7.42. The maximum atomic E-state index is 4.46. The number of pyridine rings is 1. The summed E-state index contributed by atoms with van der Waals surface area (Å²) in [6, 6.07) is 4.06. The molecule has 0 aromatic carbocycles. The monoisotopic (exact) mass is 322 g/mol. The highest BCUT2D eigenvalue weighted by Gasteiger charge is 2.25. The van der Waals surface area contributed by atoms with Crippen LogP contribution in [0, 0.1) is 0 Å². The number of halogens is 1. The second kappa shape index (κ2) is 4.89. The van der Waals surface area contributed by atoms with Crippen LogP contribution < -0.4 is 5.32 Å². The van der Waals surface area contributed by atoms with Crippen molar-refractivity contribution in [3.63, 3.8) is 0 Å². The molecule has 1 saturated heterocycles. The summed E-state index contributed by atoms with van der Waals surface area (Å²) in [7, 11) is 0. The van der Waals surface area contributed by atoms with Crippen LogP contribution in [-0.4, -0.2) is 39.5 Å². The molecule has 0 amide bonds. The number of piperazine rings is 1. The van der Waals surface area contributed by atoms with Gasteiger partial charge in [-0.2, -0.15) is 0 Å². The van der Waals surface area contributed by atoms with Gasteiger partial charge in [0.15, 0.2) is 0 Å². The van der Waals surface area contributed by atoms with E-state index in [1.165, 1.54) is 5.69 Å². The minimum atomic E-state index is 0.194. The molecule has 19 heavy (non-hydrogen) atoms. The molecule has 2 aromatic rings. The van der Waals surface area contributed by atoms with E-state index >= 15 is 0 Å². The second-order valence-corrected chi connectivity index (χ2v) is 6.76. The summed E-state index contributed by atoms with van der Waals surface area (Å²) < 4.78 is 3.25. The van der Waals surface area contributed by atoms with Gasteiger partial charge in [0.2, 0.25) is 0 Å². The third kappa shape index (κ3) is 2.83. The Labute approximate surface area is 121 Å². The van der Waals surface area contributed by atoms with Crippen LogP contribution in [0.25, 0.3) is 5.65 Å². The Hall–Kier alpha value is -0.910. The van der Waals surface area contributed by atoms with Crippen LogP contribution in [0.15, 0.2) is 29.0 Å². The molecule has 0 aliphatic carbocycles. The van der Waals surface area contributed by atoms with Crippen molar-refractivity contribution >= 4 is 21.6 Å².